The Morgan fingerprint density at radius 3 is 2.35 bits per heavy atom. The Balaban J connectivity index is 2.06. The molecule has 1 aliphatic heterocycles. The number of nitrogens with one attached hydrogen (secondary N) is 1. The van der Waals surface area contributed by atoms with E-state index >= 15 is 0 Å². The number of hydrogen-bond acceptors (Lipinski definition) is 4. The molecule has 0 aromatic heterocycles. The van der Waals surface area contributed by atoms with Crippen LogP contribution < -0.4 is 10.1 Å². The summed E-state index contributed by atoms with van der Waals surface area (Å²) in [4.78, 5) is 0. The summed E-state index contributed by atoms with van der Waals surface area (Å²) in [6, 6.07) is 5.55. The van der Waals surface area contributed by atoms with Crippen LogP contribution in [0.1, 0.15) is 12.8 Å². The van der Waals surface area contributed by atoms with Gasteiger partial charge < -0.3 is 10.1 Å². The second-order valence-corrected chi connectivity index (χ2v) is 6.92. The van der Waals surface area contributed by atoms with E-state index < -0.39 is 16.2 Å². The highest BCUT2D eigenvalue weighted by molar-refractivity contribution is 7.91. The summed E-state index contributed by atoms with van der Waals surface area (Å²) in [5, 5.41) is 2.92. The van der Waals surface area contributed by atoms with Crippen LogP contribution in [0.15, 0.2) is 24.3 Å². The first kappa shape index (κ1) is 15.0. The molecule has 1 aromatic rings. The van der Waals surface area contributed by atoms with E-state index in [0.29, 0.717) is 12.8 Å². The maximum Gasteiger partial charge on any atom is 0.573 e. The number of benzene rings is 1. The molecule has 0 atom stereocenters. The lowest BCUT2D eigenvalue weighted by atomic mass is 10.1. The molecule has 1 aliphatic rings. The molecule has 4 nitrogen and oxygen atoms in total. The van der Waals surface area contributed by atoms with Crippen molar-refractivity contribution in [2.45, 2.75) is 25.2 Å². The molecule has 0 radical (unpaired) electrons. The van der Waals surface area contributed by atoms with Crippen LogP contribution in [0.5, 0.6) is 5.75 Å². The molecule has 0 bridgehead atoms. The minimum atomic E-state index is -4.76. The maximum atomic E-state index is 12.3. The highest BCUT2D eigenvalue weighted by Crippen LogP contribution is 2.31. The number of alkyl halides is 3. The fourth-order valence-corrected chi connectivity index (χ4v) is 3.55. The Morgan fingerprint density at radius 2 is 1.75 bits per heavy atom. The molecule has 1 heterocycles. The van der Waals surface area contributed by atoms with Gasteiger partial charge in [-0.05, 0) is 25.0 Å². The van der Waals surface area contributed by atoms with Crippen molar-refractivity contribution >= 4 is 15.5 Å². The second kappa shape index (κ2) is 5.51. The van der Waals surface area contributed by atoms with Gasteiger partial charge in [0, 0.05) is 6.04 Å². The summed E-state index contributed by atoms with van der Waals surface area (Å²) >= 11 is 0. The van der Waals surface area contributed by atoms with Crippen molar-refractivity contribution in [3.8, 4) is 5.75 Å². The zero-order valence-corrected chi connectivity index (χ0v) is 11.3. The molecule has 1 fully saturated rings. The minimum Gasteiger partial charge on any atom is -0.404 e. The van der Waals surface area contributed by atoms with Crippen molar-refractivity contribution in [1.82, 2.24) is 0 Å². The zero-order chi connectivity index (χ0) is 14.8. The standard InChI is InChI=1S/C12H14F3NO3S/c13-12(14,15)19-11-4-2-1-3-10(11)16-9-5-7-20(17,18)8-6-9/h1-4,9,16H,5-8H2. The summed E-state index contributed by atoms with van der Waals surface area (Å²) in [7, 11) is -3.00. The Labute approximate surface area is 114 Å². The van der Waals surface area contributed by atoms with Crippen molar-refractivity contribution in [2.24, 2.45) is 0 Å². The predicted octanol–water partition coefficient (Wildman–Crippen LogP) is 2.57. The number of para-hydroxylation sites is 2. The van der Waals surface area contributed by atoms with Crippen LogP contribution >= 0.6 is 0 Å². The van der Waals surface area contributed by atoms with Gasteiger partial charge in [0.05, 0.1) is 17.2 Å². The molecule has 8 heteroatoms. The summed E-state index contributed by atoms with van der Waals surface area (Å²) in [6.07, 6.45) is -4.00. The average Bonchev–Trinajstić information content (AvgIpc) is 2.32. The van der Waals surface area contributed by atoms with Crippen molar-refractivity contribution in [3.63, 3.8) is 0 Å². The third-order valence-electron chi connectivity index (χ3n) is 3.03. The molecule has 2 rings (SSSR count). The van der Waals surface area contributed by atoms with Gasteiger partial charge in [-0.3, -0.25) is 0 Å². The van der Waals surface area contributed by atoms with Gasteiger partial charge in [-0.15, -0.1) is 13.2 Å². The van der Waals surface area contributed by atoms with Crippen molar-refractivity contribution < 1.29 is 26.3 Å². The van der Waals surface area contributed by atoms with Crippen molar-refractivity contribution in [1.29, 1.82) is 0 Å². The van der Waals surface area contributed by atoms with Crippen molar-refractivity contribution in [3.05, 3.63) is 24.3 Å². The summed E-state index contributed by atoms with van der Waals surface area (Å²) in [5.74, 6) is -0.214. The van der Waals surface area contributed by atoms with Crippen LogP contribution in [0.3, 0.4) is 0 Å². The molecule has 1 saturated heterocycles. The lowest BCUT2D eigenvalue weighted by Gasteiger charge is -2.25. The number of ether oxygens (including phenoxy) is 1. The molecule has 0 saturated carbocycles. The molecule has 1 aromatic carbocycles. The van der Waals surface area contributed by atoms with Gasteiger partial charge in [-0.2, -0.15) is 0 Å². The highest BCUT2D eigenvalue weighted by atomic mass is 32.2. The topological polar surface area (TPSA) is 55.4 Å². The number of hydrogen-bond donors (Lipinski definition) is 1. The van der Waals surface area contributed by atoms with Crippen LogP contribution in [0.2, 0.25) is 0 Å². The van der Waals surface area contributed by atoms with Gasteiger partial charge in [0.15, 0.2) is 5.75 Å². The Kier molecular flexibility index (Phi) is 4.12. The Hall–Kier alpha value is -1.44. The monoisotopic (exact) mass is 309 g/mol. The van der Waals surface area contributed by atoms with Crippen LogP contribution in [0, 0.1) is 0 Å². The third kappa shape index (κ3) is 4.29. The van der Waals surface area contributed by atoms with Gasteiger partial charge >= 0.3 is 6.36 Å². The van der Waals surface area contributed by atoms with Crippen molar-refractivity contribution in [2.75, 3.05) is 16.8 Å². The zero-order valence-electron chi connectivity index (χ0n) is 10.5. The largest absolute Gasteiger partial charge is 0.573 e. The fraction of sp³-hybridized carbons (Fsp3) is 0.500. The first-order valence-corrected chi connectivity index (χ1v) is 7.89. The Morgan fingerprint density at radius 1 is 1.15 bits per heavy atom. The van der Waals surface area contributed by atoms with E-state index in [2.05, 4.69) is 10.1 Å². The minimum absolute atomic E-state index is 0.0486. The molecule has 0 amide bonds. The van der Waals surface area contributed by atoms with E-state index in [4.69, 9.17) is 0 Å². The normalized spacial score (nSPS) is 19.6. The molecule has 0 unspecified atom stereocenters. The number of anilines is 1. The van der Waals surface area contributed by atoms with Gasteiger partial charge in [0.1, 0.15) is 9.84 Å². The third-order valence-corrected chi connectivity index (χ3v) is 4.74. The van der Waals surface area contributed by atoms with E-state index in [9.17, 15) is 21.6 Å². The number of rotatable bonds is 3. The SMILES string of the molecule is O=S1(=O)CCC(Nc2ccccc2OC(F)(F)F)CC1. The van der Waals surface area contributed by atoms with Gasteiger partial charge in [-0.25, -0.2) is 8.42 Å². The van der Waals surface area contributed by atoms with Crippen LogP contribution in [0.25, 0.3) is 0 Å². The van der Waals surface area contributed by atoms with E-state index in [1.165, 1.54) is 18.2 Å². The van der Waals surface area contributed by atoms with Gasteiger partial charge in [-0.1, -0.05) is 12.1 Å². The van der Waals surface area contributed by atoms with Gasteiger partial charge in [0.2, 0.25) is 0 Å². The number of halogens is 3. The summed E-state index contributed by atoms with van der Waals surface area (Å²) in [5.41, 5.74) is 0.217. The molecule has 112 valence electrons. The molecule has 1 N–H and O–H groups in total. The smallest absolute Gasteiger partial charge is 0.404 e. The predicted molar refractivity (Wildman–Crippen MR) is 68.4 cm³/mol. The lowest BCUT2D eigenvalue weighted by Crippen LogP contribution is -2.32. The van der Waals surface area contributed by atoms with Gasteiger partial charge in [0.25, 0.3) is 0 Å². The van der Waals surface area contributed by atoms with E-state index in [-0.39, 0.29) is 29.0 Å². The highest BCUT2D eigenvalue weighted by Gasteiger charge is 2.32. The molecular weight excluding hydrogens is 295 g/mol. The molecule has 0 aliphatic carbocycles. The molecule has 20 heavy (non-hydrogen) atoms. The average molecular weight is 309 g/mol. The van der Waals surface area contributed by atoms with E-state index in [1.54, 1.807) is 6.07 Å². The van der Waals surface area contributed by atoms with E-state index in [1.807, 2.05) is 0 Å². The summed E-state index contributed by atoms with van der Waals surface area (Å²) < 4.78 is 63.4. The first-order valence-electron chi connectivity index (χ1n) is 6.07. The number of sulfone groups is 1. The van der Waals surface area contributed by atoms with Crippen LogP contribution in [0.4, 0.5) is 18.9 Å². The van der Waals surface area contributed by atoms with Crippen LogP contribution in [-0.4, -0.2) is 32.3 Å². The molecular formula is C12H14F3NO3S. The first-order chi connectivity index (χ1) is 9.25. The fourth-order valence-electron chi connectivity index (χ4n) is 2.05. The van der Waals surface area contributed by atoms with E-state index in [0.717, 1.165) is 0 Å². The molecule has 0 spiro atoms. The summed E-state index contributed by atoms with van der Waals surface area (Å²) in [6.45, 7) is 0. The quantitative estimate of drug-likeness (QED) is 0.932. The lowest BCUT2D eigenvalue weighted by molar-refractivity contribution is -0.274. The Bertz CT molecular complexity index is 558. The second-order valence-electron chi connectivity index (χ2n) is 4.61. The van der Waals surface area contributed by atoms with Crippen LogP contribution in [-0.2, 0) is 9.84 Å². The maximum absolute atomic E-state index is 12.3.